The van der Waals surface area contributed by atoms with Crippen molar-refractivity contribution < 1.29 is 13.2 Å². The molecule has 2 aromatic rings. The lowest BCUT2D eigenvalue weighted by Crippen LogP contribution is -2.28. The fraction of sp³-hybridized carbons (Fsp3) is 0.167. The van der Waals surface area contributed by atoms with E-state index in [0.717, 1.165) is 0 Å². The van der Waals surface area contributed by atoms with Crippen molar-refractivity contribution in [2.45, 2.75) is 17.9 Å². The van der Waals surface area contributed by atoms with Gasteiger partial charge < -0.3 is 5.32 Å². The average Bonchev–Trinajstić information content (AvgIpc) is 2.60. The van der Waals surface area contributed by atoms with Gasteiger partial charge in [0.25, 0.3) is 5.91 Å². The van der Waals surface area contributed by atoms with Gasteiger partial charge in [-0.15, -0.1) is 6.42 Å². The molecule has 0 spiro atoms. The summed E-state index contributed by atoms with van der Waals surface area (Å²) in [7, 11) is -3.78. The number of carbonyl (C=O) groups is 1. The van der Waals surface area contributed by atoms with E-state index in [1.807, 2.05) is 0 Å². The maximum Gasteiger partial charge on any atom is 0.251 e. The molecule has 8 heteroatoms. The van der Waals surface area contributed by atoms with Crippen molar-refractivity contribution in [2.75, 3.05) is 6.54 Å². The summed E-state index contributed by atoms with van der Waals surface area (Å²) in [5, 5.41) is 3.71. The van der Waals surface area contributed by atoms with Crippen LogP contribution < -0.4 is 10.0 Å². The number of amides is 1. The summed E-state index contributed by atoms with van der Waals surface area (Å²) in [4.78, 5) is 12.4. The lowest BCUT2D eigenvalue weighted by Gasteiger charge is -2.16. The van der Waals surface area contributed by atoms with Crippen LogP contribution in [0, 0.1) is 12.3 Å². The summed E-state index contributed by atoms with van der Waals surface area (Å²) in [6, 6.07) is 10.3. The minimum absolute atomic E-state index is 0.0439. The van der Waals surface area contributed by atoms with Gasteiger partial charge in [-0.3, -0.25) is 4.79 Å². The number of nitrogens with one attached hydrogen (secondary N) is 2. The van der Waals surface area contributed by atoms with E-state index in [0.29, 0.717) is 15.6 Å². The Morgan fingerprint density at radius 1 is 1.23 bits per heavy atom. The van der Waals surface area contributed by atoms with Crippen LogP contribution in [0.1, 0.15) is 28.9 Å². The van der Waals surface area contributed by atoms with Gasteiger partial charge in [0.05, 0.1) is 17.5 Å². The van der Waals surface area contributed by atoms with Crippen LogP contribution in [0.5, 0.6) is 0 Å². The SMILES string of the molecule is C#CCNS(=O)(=O)c1cccc(C(=O)NC(C)c2ccc(Cl)cc2Cl)c1. The predicted octanol–water partition coefficient (Wildman–Crippen LogP) is 3.40. The van der Waals surface area contributed by atoms with Gasteiger partial charge >= 0.3 is 0 Å². The number of hydrogen-bond donors (Lipinski definition) is 2. The summed E-state index contributed by atoms with van der Waals surface area (Å²) < 4.78 is 26.5. The first-order valence-corrected chi connectivity index (χ1v) is 9.77. The predicted molar refractivity (Wildman–Crippen MR) is 103 cm³/mol. The van der Waals surface area contributed by atoms with E-state index in [4.69, 9.17) is 29.6 Å². The van der Waals surface area contributed by atoms with Gasteiger partial charge in [-0.05, 0) is 42.8 Å². The van der Waals surface area contributed by atoms with Gasteiger partial charge in [-0.1, -0.05) is 41.3 Å². The van der Waals surface area contributed by atoms with Crippen molar-refractivity contribution in [1.82, 2.24) is 10.0 Å². The minimum Gasteiger partial charge on any atom is -0.345 e. The van der Waals surface area contributed by atoms with Crippen LogP contribution in [0.4, 0.5) is 0 Å². The molecule has 26 heavy (non-hydrogen) atoms. The van der Waals surface area contributed by atoms with E-state index in [2.05, 4.69) is 16.0 Å². The third-order valence-corrected chi connectivity index (χ3v) is 5.51. The Balaban J connectivity index is 2.20. The Kier molecular flexibility index (Phi) is 6.68. The number of halogens is 2. The highest BCUT2D eigenvalue weighted by molar-refractivity contribution is 7.89. The minimum atomic E-state index is -3.78. The van der Waals surface area contributed by atoms with Crippen LogP contribution in [0.25, 0.3) is 0 Å². The van der Waals surface area contributed by atoms with Crippen molar-refractivity contribution in [1.29, 1.82) is 0 Å². The van der Waals surface area contributed by atoms with Crippen molar-refractivity contribution in [3.63, 3.8) is 0 Å². The first-order chi connectivity index (χ1) is 12.2. The van der Waals surface area contributed by atoms with E-state index < -0.39 is 22.0 Å². The number of carbonyl (C=O) groups excluding carboxylic acids is 1. The van der Waals surface area contributed by atoms with Gasteiger partial charge in [0, 0.05) is 15.6 Å². The van der Waals surface area contributed by atoms with Crippen LogP contribution in [0.3, 0.4) is 0 Å². The lowest BCUT2D eigenvalue weighted by atomic mass is 10.1. The molecule has 0 radical (unpaired) electrons. The molecule has 2 N–H and O–H groups in total. The molecule has 0 aliphatic carbocycles. The highest BCUT2D eigenvalue weighted by Crippen LogP contribution is 2.26. The van der Waals surface area contributed by atoms with E-state index in [1.165, 1.54) is 24.3 Å². The largest absolute Gasteiger partial charge is 0.345 e. The second kappa shape index (κ2) is 8.56. The van der Waals surface area contributed by atoms with Crippen LogP contribution in [-0.4, -0.2) is 20.9 Å². The molecular weight excluding hydrogens is 395 g/mol. The third-order valence-electron chi connectivity index (χ3n) is 3.55. The third kappa shape index (κ3) is 4.99. The average molecular weight is 411 g/mol. The lowest BCUT2D eigenvalue weighted by molar-refractivity contribution is 0.0939. The first kappa shape index (κ1) is 20.3. The van der Waals surface area contributed by atoms with Gasteiger partial charge in [-0.25, -0.2) is 8.42 Å². The number of rotatable bonds is 6. The molecule has 0 aliphatic rings. The molecule has 0 saturated carbocycles. The molecule has 1 atom stereocenters. The Hall–Kier alpha value is -2.04. The second-order valence-corrected chi connectivity index (χ2v) is 8.03. The molecule has 0 fully saturated rings. The number of sulfonamides is 1. The number of terminal acetylenes is 1. The van der Waals surface area contributed by atoms with E-state index in [1.54, 1.807) is 25.1 Å². The molecule has 0 aromatic heterocycles. The summed E-state index contributed by atoms with van der Waals surface area (Å²) in [5.41, 5.74) is 0.898. The quantitative estimate of drug-likeness (QED) is 0.716. The Morgan fingerprint density at radius 3 is 2.62 bits per heavy atom. The van der Waals surface area contributed by atoms with Crippen LogP contribution >= 0.6 is 23.2 Å². The highest BCUT2D eigenvalue weighted by atomic mass is 35.5. The molecule has 1 unspecified atom stereocenters. The summed E-state index contributed by atoms with van der Waals surface area (Å²) in [6.45, 7) is 1.63. The molecule has 2 aromatic carbocycles. The van der Waals surface area contributed by atoms with E-state index >= 15 is 0 Å². The van der Waals surface area contributed by atoms with Gasteiger partial charge in [0.1, 0.15) is 0 Å². The zero-order valence-electron chi connectivity index (χ0n) is 13.8. The Labute approximate surface area is 162 Å². The molecule has 0 aliphatic heterocycles. The second-order valence-electron chi connectivity index (χ2n) is 5.42. The van der Waals surface area contributed by atoms with Crippen molar-refractivity contribution in [2.24, 2.45) is 0 Å². The molecule has 5 nitrogen and oxygen atoms in total. The van der Waals surface area contributed by atoms with Gasteiger partial charge in [-0.2, -0.15) is 4.72 Å². The molecule has 1 amide bonds. The molecular formula is C18H16Cl2N2O3S. The molecule has 2 rings (SSSR count). The monoisotopic (exact) mass is 410 g/mol. The topological polar surface area (TPSA) is 75.3 Å². The maximum absolute atomic E-state index is 12.5. The van der Waals surface area contributed by atoms with E-state index in [-0.39, 0.29) is 17.0 Å². The van der Waals surface area contributed by atoms with E-state index in [9.17, 15) is 13.2 Å². The normalized spacial score (nSPS) is 12.2. The van der Waals surface area contributed by atoms with Crippen molar-refractivity contribution >= 4 is 39.1 Å². The van der Waals surface area contributed by atoms with Crippen molar-refractivity contribution in [3.8, 4) is 12.3 Å². The van der Waals surface area contributed by atoms with Crippen LogP contribution in [-0.2, 0) is 10.0 Å². The molecule has 136 valence electrons. The fourth-order valence-electron chi connectivity index (χ4n) is 2.23. The zero-order valence-corrected chi connectivity index (χ0v) is 16.1. The standard InChI is InChI=1S/C18H16Cl2N2O3S/c1-3-9-21-26(24,25)15-6-4-5-13(10-15)18(23)22-12(2)16-8-7-14(19)11-17(16)20/h1,4-8,10-12,21H,9H2,2H3,(H,22,23). The zero-order chi connectivity index (χ0) is 19.3. The van der Waals surface area contributed by atoms with Crippen LogP contribution in [0.2, 0.25) is 10.0 Å². The van der Waals surface area contributed by atoms with Crippen LogP contribution in [0.15, 0.2) is 47.4 Å². The first-order valence-electron chi connectivity index (χ1n) is 7.53. The van der Waals surface area contributed by atoms with Gasteiger partial charge in [0.2, 0.25) is 10.0 Å². The van der Waals surface area contributed by atoms with Gasteiger partial charge in [0.15, 0.2) is 0 Å². The number of benzene rings is 2. The maximum atomic E-state index is 12.5. The summed E-state index contributed by atoms with van der Waals surface area (Å²) >= 11 is 12.0. The molecule has 0 saturated heterocycles. The summed E-state index contributed by atoms with van der Waals surface area (Å²) in [6.07, 6.45) is 5.06. The Morgan fingerprint density at radius 2 is 1.96 bits per heavy atom. The summed E-state index contributed by atoms with van der Waals surface area (Å²) in [5.74, 6) is 1.76. The molecule has 0 bridgehead atoms. The fourth-order valence-corrected chi connectivity index (χ4v) is 3.79. The molecule has 0 heterocycles. The highest BCUT2D eigenvalue weighted by Gasteiger charge is 2.18. The van der Waals surface area contributed by atoms with Crippen molar-refractivity contribution in [3.05, 3.63) is 63.6 Å². The number of hydrogen-bond acceptors (Lipinski definition) is 3. The smallest absolute Gasteiger partial charge is 0.251 e. The Bertz CT molecular complexity index is 969.